The van der Waals surface area contributed by atoms with Crippen LogP contribution in [0.4, 0.5) is 4.79 Å². The van der Waals surface area contributed by atoms with Crippen LogP contribution in [0.15, 0.2) is 24.3 Å². The zero-order chi connectivity index (χ0) is 17.7. The summed E-state index contributed by atoms with van der Waals surface area (Å²) in [6, 6.07) is 7.16. The van der Waals surface area contributed by atoms with Crippen LogP contribution >= 0.6 is 0 Å². The maximum Gasteiger partial charge on any atom is 0.410 e. The summed E-state index contributed by atoms with van der Waals surface area (Å²) in [5, 5.41) is 0. The highest BCUT2D eigenvalue weighted by atomic mass is 16.6. The second-order valence-corrected chi connectivity index (χ2v) is 7.29. The van der Waals surface area contributed by atoms with Crippen molar-refractivity contribution in [3.8, 4) is 5.75 Å². The minimum Gasteiger partial charge on any atom is -0.497 e. The summed E-state index contributed by atoms with van der Waals surface area (Å²) in [5.41, 5.74) is 0.188. The molecule has 24 heavy (non-hydrogen) atoms. The summed E-state index contributed by atoms with van der Waals surface area (Å²) in [4.78, 5) is 26.4. The number of likely N-dealkylation sites (tertiary alicyclic amines) is 1. The number of nitrogens with zero attached hydrogens (tertiary/aromatic N) is 1. The summed E-state index contributed by atoms with van der Waals surface area (Å²) in [7, 11) is 1.60. The fraction of sp³-hybridized carbons (Fsp3) is 0.579. The summed E-state index contributed by atoms with van der Waals surface area (Å²) >= 11 is 0. The molecule has 1 amide bonds. The van der Waals surface area contributed by atoms with E-state index >= 15 is 0 Å². The number of ether oxygens (including phenoxy) is 2. The quantitative estimate of drug-likeness (QED) is 0.784. The van der Waals surface area contributed by atoms with Crippen LogP contribution < -0.4 is 4.74 Å². The lowest BCUT2D eigenvalue weighted by Gasteiger charge is -2.34. The molecule has 1 aliphatic rings. The van der Waals surface area contributed by atoms with Gasteiger partial charge in [0.25, 0.3) is 0 Å². The molecule has 0 bridgehead atoms. The fourth-order valence-electron chi connectivity index (χ4n) is 2.88. The lowest BCUT2D eigenvalue weighted by molar-refractivity contribution is 0.0161. The Bertz CT molecular complexity index is 574. The minimum absolute atomic E-state index is 0.105. The first-order valence-corrected chi connectivity index (χ1v) is 8.43. The van der Waals surface area contributed by atoms with Gasteiger partial charge in [-0.25, -0.2) is 4.79 Å². The lowest BCUT2D eigenvalue weighted by Crippen LogP contribution is -2.43. The van der Waals surface area contributed by atoms with Gasteiger partial charge in [-0.1, -0.05) is 0 Å². The molecule has 0 unspecified atom stereocenters. The molecule has 1 fully saturated rings. The zero-order valence-corrected chi connectivity index (χ0v) is 15.0. The van der Waals surface area contributed by atoms with E-state index in [0.717, 1.165) is 18.6 Å². The number of hydrogen-bond acceptors (Lipinski definition) is 4. The smallest absolute Gasteiger partial charge is 0.410 e. The molecule has 0 saturated carbocycles. The van der Waals surface area contributed by atoms with Crippen LogP contribution in [-0.4, -0.2) is 42.6 Å². The fourth-order valence-corrected chi connectivity index (χ4v) is 2.88. The molecule has 1 atom stereocenters. The average molecular weight is 333 g/mol. The van der Waals surface area contributed by atoms with E-state index in [1.165, 1.54) is 0 Å². The zero-order valence-electron chi connectivity index (χ0n) is 15.0. The van der Waals surface area contributed by atoms with Crippen LogP contribution in [0, 0.1) is 5.92 Å². The topological polar surface area (TPSA) is 55.8 Å². The Morgan fingerprint density at radius 2 is 1.88 bits per heavy atom. The minimum atomic E-state index is -0.497. The summed E-state index contributed by atoms with van der Waals surface area (Å²) in [6.07, 6.45) is 2.02. The Hall–Kier alpha value is -2.04. The molecular formula is C19H27NO4. The van der Waals surface area contributed by atoms with Crippen molar-refractivity contribution in [3.05, 3.63) is 29.8 Å². The second-order valence-electron chi connectivity index (χ2n) is 7.29. The molecule has 5 heteroatoms. The van der Waals surface area contributed by atoms with Crippen LogP contribution in [0.25, 0.3) is 0 Å². The van der Waals surface area contributed by atoms with E-state index in [2.05, 4.69) is 0 Å². The lowest BCUT2D eigenvalue weighted by atomic mass is 9.91. The van der Waals surface area contributed by atoms with Crippen molar-refractivity contribution in [1.82, 2.24) is 4.90 Å². The van der Waals surface area contributed by atoms with Crippen molar-refractivity contribution in [2.75, 3.05) is 20.2 Å². The summed E-state index contributed by atoms with van der Waals surface area (Å²) in [6.45, 7) is 6.86. The predicted molar refractivity (Wildman–Crippen MR) is 92.5 cm³/mol. The SMILES string of the molecule is COc1ccc(C(=O)C[C@@H]2CCCN(C(=O)OC(C)(C)C)C2)cc1. The van der Waals surface area contributed by atoms with Crippen LogP contribution in [0.1, 0.15) is 50.4 Å². The van der Waals surface area contributed by atoms with Gasteiger partial charge in [0.2, 0.25) is 0 Å². The Kier molecular flexibility index (Phi) is 5.86. The number of benzene rings is 1. The number of piperidine rings is 1. The van der Waals surface area contributed by atoms with Crippen LogP contribution in [0.2, 0.25) is 0 Å². The van der Waals surface area contributed by atoms with Gasteiger partial charge in [0.15, 0.2) is 5.78 Å². The first-order valence-electron chi connectivity index (χ1n) is 8.43. The average Bonchev–Trinajstić information content (AvgIpc) is 2.53. The van der Waals surface area contributed by atoms with E-state index in [1.54, 1.807) is 36.3 Å². The third kappa shape index (κ3) is 5.25. The molecule has 1 saturated heterocycles. The molecule has 5 nitrogen and oxygen atoms in total. The molecule has 1 aliphatic heterocycles. The normalized spacial score (nSPS) is 18.2. The molecule has 0 spiro atoms. The summed E-state index contributed by atoms with van der Waals surface area (Å²) < 4.78 is 10.5. The van der Waals surface area contributed by atoms with Crippen molar-refractivity contribution in [3.63, 3.8) is 0 Å². The van der Waals surface area contributed by atoms with E-state index in [0.29, 0.717) is 25.1 Å². The van der Waals surface area contributed by atoms with E-state index in [4.69, 9.17) is 9.47 Å². The van der Waals surface area contributed by atoms with Crippen molar-refractivity contribution >= 4 is 11.9 Å². The van der Waals surface area contributed by atoms with Crippen LogP contribution in [0.5, 0.6) is 5.75 Å². The van der Waals surface area contributed by atoms with Gasteiger partial charge < -0.3 is 14.4 Å². The molecular weight excluding hydrogens is 306 g/mol. The number of amides is 1. The first-order chi connectivity index (χ1) is 11.3. The predicted octanol–water partition coefficient (Wildman–Crippen LogP) is 3.92. The maximum absolute atomic E-state index is 12.4. The Morgan fingerprint density at radius 3 is 2.46 bits per heavy atom. The number of carbonyl (C=O) groups excluding carboxylic acids is 2. The van der Waals surface area contributed by atoms with Crippen LogP contribution in [-0.2, 0) is 4.74 Å². The molecule has 1 heterocycles. The molecule has 0 N–H and O–H groups in total. The van der Waals surface area contributed by atoms with E-state index < -0.39 is 5.60 Å². The Balaban J connectivity index is 1.92. The van der Waals surface area contributed by atoms with Gasteiger partial charge in [0.05, 0.1) is 7.11 Å². The Labute approximate surface area is 143 Å². The molecule has 0 aromatic heterocycles. The number of hydrogen-bond donors (Lipinski definition) is 0. The number of carbonyl (C=O) groups is 2. The molecule has 1 aromatic carbocycles. The first kappa shape index (κ1) is 18.3. The van der Waals surface area contributed by atoms with Gasteiger partial charge in [-0.3, -0.25) is 4.79 Å². The van der Waals surface area contributed by atoms with E-state index in [-0.39, 0.29) is 17.8 Å². The summed E-state index contributed by atoms with van der Waals surface area (Å²) in [5.74, 6) is 1.02. The second kappa shape index (κ2) is 7.69. The van der Waals surface area contributed by atoms with Crippen molar-refractivity contribution in [1.29, 1.82) is 0 Å². The van der Waals surface area contributed by atoms with Crippen molar-refractivity contribution in [2.24, 2.45) is 5.92 Å². The highest BCUT2D eigenvalue weighted by molar-refractivity contribution is 5.96. The van der Waals surface area contributed by atoms with Gasteiger partial charge >= 0.3 is 6.09 Å². The molecule has 132 valence electrons. The number of Topliss-reactive ketones (excluding diaryl/α,β-unsaturated/α-hetero) is 1. The van der Waals surface area contributed by atoms with Crippen LogP contribution in [0.3, 0.4) is 0 Å². The molecule has 0 aliphatic carbocycles. The van der Waals surface area contributed by atoms with Gasteiger partial charge in [-0.15, -0.1) is 0 Å². The molecule has 2 rings (SSSR count). The number of rotatable bonds is 4. The maximum atomic E-state index is 12.4. The number of ketones is 1. The monoisotopic (exact) mass is 333 g/mol. The van der Waals surface area contributed by atoms with Gasteiger partial charge in [0, 0.05) is 25.1 Å². The van der Waals surface area contributed by atoms with Crippen molar-refractivity contribution in [2.45, 2.75) is 45.6 Å². The standard InChI is InChI=1S/C19H27NO4/c1-19(2,3)24-18(22)20-11-5-6-14(13-20)12-17(21)15-7-9-16(23-4)10-8-15/h7-10,14H,5-6,11-13H2,1-4H3/t14-/m0/s1. The Morgan fingerprint density at radius 1 is 1.21 bits per heavy atom. The van der Waals surface area contributed by atoms with Crippen molar-refractivity contribution < 1.29 is 19.1 Å². The van der Waals surface area contributed by atoms with Gasteiger partial charge in [0.1, 0.15) is 11.4 Å². The van der Waals surface area contributed by atoms with E-state index in [1.807, 2.05) is 20.8 Å². The van der Waals surface area contributed by atoms with E-state index in [9.17, 15) is 9.59 Å². The molecule has 1 aromatic rings. The van der Waals surface area contributed by atoms with Gasteiger partial charge in [-0.05, 0) is 63.8 Å². The highest BCUT2D eigenvalue weighted by Gasteiger charge is 2.28. The number of methoxy groups -OCH3 is 1. The third-order valence-electron chi connectivity index (χ3n) is 4.06. The highest BCUT2D eigenvalue weighted by Crippen LogP contribution is 2.24. The largest absolute Gasteiger partial charge is 0.497 e. The van der Waals surface area contributed by atoms with Gasteiger partial charge in [-0.2, -0.15) is 0 Å². The third-order valence-corrected chi connectivity index (χ3v) is 4.06. The molecule has 0 radical (unpaired) electrons.